The Labute approximate surface area is 125 Å². The fourth-order valence-electron chi connectivity index (χ4n) is 1.82. The first kappa shape index (κ1) is 17.4. The summed E-state index contributed by atoms with van der Waals surface area (Å²) in [6, 6.07) is 0. The van der Waals surface area contributed by atoms with Gasteiger partial charge in [-0.3, -0.25) is 9.78 Å². The Hall–Kier alpha value is -1.66. The first-order valence-electron chi connectivity index (χ1n) is 6.23. The van der Waals surface area contributed by atoms with Crippen LogP contribution in [0.2, 0.25) is 0 Å². The zero-order chi connectivity index (χ0) is 16.2. The Morgan fingerprint density at radius 2 is 2.24 bits per heavy atom. The number of aliphatic hydroxyl groups is 2. The van der Waals surface area contributed by atoms with Crippen LogP contribution in [0.3, 0.4) is 0 Å². The van der Waals surface area contributed by atoms with Gasteiger partial charge in [0.25, 0.3) is 5.56 Å². The highest BCUT2D eigenvalue weighted by molar-refractivity contribution is 6.27. The molecular formula is C12H16ClN3O5. The number of alkyl halides is 1. The number of aliphatic hydroxyl groups excluding tert-OH is 2. The van der Waals surface area contributed by atoms with Crippen LogP contribution in [0.1, 0.15) is 20.1 Å². The smallest absolute Gasteiger partial charge is 0.347 e. The van der Waals surface area contributed by atoms with Crippen LogP contribution in [0.4, 0.5) is 0 Å². The minimum atomic E-state index is -1.78. The van der Waals surface area contributed by atoms with Crippen molar-refractivity contribution in [2.45, 2.75) is 37.2 Å². The van der Waals surface area contributed by atoms with Crippen molar-refractivity contribution in [2.75, 3.05) is 6.61 Å². The zero-order valence-electron chi connectivity index (χ0n) is 11.5. The number of nitrogens with one attached hydrogen (secondary N) is 1. The van der Waals surface area contributed by atoms with Gasteiger partial charge in [-0.25, -0.2) is 4.79 Å². The highest BCUT2D eigenvalue weighted by Crippen LogP contribution is 2.41. The molecule has 0 aromatic carbocycles. The van der Waals surface area contributed by atoms with E-state index in [-0.39, 0.29) is 0 Å². The molecule has 1 fully saturated rings. The van der Waals surface area contributed by atoms with Gasteiger partial charge in [0.15, 0.2) is 11.1 Å². The van der Waals surface area contributed by atoms with Gasteiger partial charge < -0.3 is 14.9 Å². The maximum absolute atomic E-state index is 11.6. The van der Waals surface area contributed by atoms with Crippen LogP contribution in [0.5, 0.6) is 0 Å². The van der Waals surface area contributed by atoms with Gasteiger partial charge in [0, 0.05) is 0 Å². The molecule has 0 aliphatic carbocycles. The van der Waals surface area contributed by atoms with Crippen molar-refractivity contribution >= 4 is 11.6 Å². The third-order valence-electron chi connectivity index (χ3n) is 2.81. The van der Waals surface area contributed by atoms with Gasteiger partial charge in [0.1, 0.15) is 18.4 Å². The van der Waals surface area contributed by atoms with E-state index in [1.807, 2.05) is 18.8 Å². The summed E-state index contributed by atoms with van der Waals surface area (Å²) >= 11 is 6.08. The van der Waals surface area contributed by atoms with Gasteiger partial charge in [-0.05, 0) is 0 Å². The average molecular weight is 318 g/mol. The summed E-state index contributed by atoms with van der Waals surface area (Å²) in [4.78, 5) is 22.8. The van der Waals surface area contributed by atoms with Crippen molar-refractivity contribution in [3.8, 4) is 12.3 Å². The van der Waals surface area contributed by atoms with Crippen LogP contribution in [0, 0.1) is 12.3 Å². The van der Waals surface area contributed by atoms with Crippen LogP contribution in [0.25, 0.3) is 0 Å². The van der Waals surface area contributed by atoms with E-state index in [4.69, 9.17) is 27.9 Å². The van der Waals surface area contributed by atoms with E-state index in [1.165, 1.54) is 0 Å². The molecule has 3 N–H and O–H groups in total. The third-order valence-corrected chi connectivity index (χ3v) is 3.33. The van der Waals surface area contributed by atoms with E-state index in [0.29, 0.717) is 4.68 Å². The molecule has 1 aromatic heterocycles. The summed E-state index contributed by atoms with van der Waals surface area (Å²) in [5.41, 5.74) is -1.58. The Morgan fingerprint density at radius 3 is 2.71 bits per heavy atom. The molecule has 4 atom stereocenters. The summed E-state index contributed by atoms with van der Waals surface area (Å²) < 4.78 is 5.96. The largest absolute Gasteiger partial charge is 0.394 e. The lowest BCUT2D eigenvalue weighted by molar-refractivity contribution is -0.0514. The summed E-state index contributed by atoms with van der Waals surface area (Å²) in [7, 11) is 0. The van der Waals surface area contributed by atoms with Crippen LogP contribution in [-0.2, 0) is 4.74 Å². The molecule has 8 nitrogen and oxygen atoms in total. The third kappa shape index (κ3) is 3.01. The van der Waals surface area contributed by atoms with E-state index in [9.17, 15) is 14.7 Å². The van der Waals surface area contributed by atoms with Crippen molar-refractivity contribution in [3.05, 3.63) is 27.0 Å². The number of halogens is 1. The van der Waals surface area contributed by atoms with Crippen LogP contribution in [-0.4, -0.2) is 48.7 Å². The van der Waals surface area contributed by atoms with Crippen LogP contribution >= 0.6 is 11.6 Å². The number of nitrogens with zero attached hydrogens (tertiary/aromatic N) is 2. The van der Waals surface area contributed by atoms with Crippen molar-refractivity contribution in [1.29, 1.82) is 0 Å². The lowest BCUT2D eigenvalue weighted by Crippen LogP contribution is -2.45. The minimum Gasteiger partial charge on any atom is -0.394 e. The number of aromatic amines is 1. The molecule has 0 amide bonds. The lowest BCUT2D eigenvalue weighted by Gasteiger charge is -2.24. The highest BCUT2D eigenvalue weighted by Gasteiger charge is 2.56. The highest BCUT2D eigenvalue weighted by atomic mass is 35.5. The standard InChI is InChI=1S/C10H10ClN3O5.C2H6/c1-2-10(11)7(17)5(4-15)19-8(10)14-9(18)13-6(16)3-12-14;1-2/h1,3,5,7-8,15,17H,4H2,(H,13,16,18);1-2H3. The number of aromatic nitrogens is 3. The molecule has 1 aliphatic rings. The van der Waals surface area contributed by atoms with Crippen molar-refractivity contribution in [2.24, 2.45) is 0 Å². The second-order valence-corrected chi connectivity index (χ2v) is 4.58. The number of rotatable bonds is 2. The Kier molecular flexibility index (Phi) is 5.69. The molecule has 1 aliphatic heterocycles. The summed E-state index contributed by atoms with van der Waals surface area (Å²) in [5, 5.41) is 22.5. The molecule has 2 heterocycles. The maximum Gasteiger partial charge on any atom is 0.347 e. The van der Waals surface area contributed by atoms with E-state index in [1.54, 1.807) is 0 Å². The summed E-state index contributed by atoms with van der Waals surface area (Å²) in [5.74, 6) is 2.13. The van der Waals surface area contributed by atoms with Gasteiger partial charge in [-0.1, -0.05) is 31.4 Å². The minimum absolute atomic E-state index is 0.536. The van der Waals surface area contributed by atoms with E-state index in [2.05, 4.69) is 11.0 Å². The monoisotopic (exact) mass is 317 g/mol. The predicted molar refractivity (Wildman–Crippen MR) is 74.9 cm³/mol. The SMILES string of the molecule is C#CC1(Cl)C(O)C(CO)OC1n1ncc(=O)[nH]c1=O.CC. The van der Waals surface area contributed by atoms with Crippen molar-refractivity contribution < 1.29 is 14.9 Å². The average Bonchev–Trinajstić information content (AvgIpc) is 2.74. The fourth-order valence-corrected chi connectivity index (χ4v) is 2.10. The topological polar surface area (TPSA) is 117 Å². The lowest BCUT2D eigenvalue weighted by atomic mass is 10.00. The number of hydrogen-bond acceptors (Lipinski definition) is 6. The molecule has 0 spiro atoms. The predicted octanol–water partition coefficient (Wildman–Crippen LogP) is -1.18. The molecule has 2 rings (SSSR count). The number of hydrogen-bond donors (Lipinski definition) is 3. The Balaban J connectivity index is 0.00000106. The molecule has 0 bridgehead atoms. The molecule has 116 valence electrons. The van der Waals surface area contributed by atoms with Crippen molar-refractivity contribution in [3.63, 3.8) is 0 Å². The van der Waals surface area contributed by atoms with E-state index >= 15 is 0 Å². The summed E-state index contributed by atoms with van der Waals surface area (Å²) in [6.07, 6.45) is 2.35. The Bertz CT molecular complexity index is 637. The fraction of sp³-hybridized carbons (Fsp3) is 0.583. The number of H-pyrrole nitrogens is 1. The van der Waals surface area contributed by atoms with Gasteiger partial charge in [-0.15, -0.1) is 6.42 Å². The molecule has 1 aromatic rings. The molecular weight excluding hydrogens is 302 g/mol. The summed E-state index contributed by atoms with van der Waals surface area (Å²) in [6.45, 7) is 3.46. The van der Waals surface area contributed by atoms with E-state index in [0.717, 1.165) is 6.20 Å². The first-order chi connectivity index (χ1) is 9.93. The van der Waals surface area contributed by atoms with Gasteiger partial charge in [0.05, 0.1) is 6.61 Å². The number of ether oxygens (including phenoxy) is 1. The Morgan fingerprint density at radius 1 is 1.62 bits per heavy atom. The normalized spacial score (nSPS) is 31.1. The second kappa shape index (κ2) is 6.87. The molecule has 4 unspecified atom stereocenters. The zero-order valence-corrected chi connectivity index (χ0v) is 12.2. The van der Waals surface area contributed by atoms with Gasteiger partial charge in [0.2, 0.25) is 0 Å². The van der Waals surface area contributed by atoms with Gasteiger partial charge in [-0.2, -0.15) is 9.78 Å². The van der Waals surface area contributed by atoms with Crippen LogP contribution in [0.15, 0.2) is 15.8 Å². The van der Waals surface area contributed by atoms with Crippen LogP contribution < -0.4 is 11.2 Å². The maximum atomic E-state index is 11.6. The molecule has 21 heavy (non-hydrogen) atoms. The quantitative estimate of drug-likeness (QED) is 0.467. The van der Waals surface area contributed by atoms with E-state index < -0.39 is 41.2 Å². The molecule has 9 heteroatoms. The number of terminal acetylenes is 1. The molecule has 0 radical (unpaired) electrons. The van der Waals surface area contributed by atoms with Gasteiger partial charge >= 0.3 is 5.69 Å². The molecule has 0 saturated carbocycles. The molecule has 1 saturated heterocycles. The van der Waals surface area contributed by atoms with Crippen molar-refractivity contribution in [1.82, 2.24) is 14.8 Å². The second-order valence-electron chi connectivity index (χ2n) is 3.95. The first-order valence-corrected chi connectivity index (χ1v) is 6.61.